The summed E-state index contributed by atoms with van der Waals surface area (Å²) in [6.07, 6.45) is 0. The Morgan fingerprint density at radius 2 is 0.562 bits per heavy atom. The van der Waals surface area contributed by atoms with Crippen molar-refractivity contribution in [3.8, 4) is 55.6 Å². The molecule has 9 rings (SSSR count). The third-order valence-electron chi connectivity index (χ3n) is 9.64. The van der Waals surface area contributed by atoms with Crippen molar-refractivity contribution in [2.75, 3.05) is 0 Å². The molecule has 0 atom stereocenters. The molecule has 224 valence electrons. The van der Waals surface area contributed by atoms with E-state index in [0.29, 0.717) is 0 Å². The summed E-state index contributed by atoms with van der Waals surface area (Å²) in [7, 11) is 0. The molecule has 0 saturated carbocycles. The van der Waals surface area contributed by atoms with Crippen LogP contribution in [-0.2, 0) is 0 Å². The molecule has 0 radical (unpaired) electrons. The van der Waals surface area contributed by atoms with E-state index in [4.69, 9.17) is 0 Å². The zero-order valence-electron chi connectivity index (χ0n) is 26.5. The van der Waals surface area contributed by atoms with Crippen LogP contribution >= 0.6 is 0 Å². The Labute approximate surface area is 281 Å². The summed E-state index contributed by atoms with van der Waals surface area (Å²) in [6, 6.07) is 70.7. The lowest BCUT2D eigenvalue weighted by atomic mass is 9.85. The second kappa shape index (κ2) is 11.8. The predicted molar refractivity (Wildman–Crippen MR) is 206 cm³/mol. The van der Waals surface area contributed by atoms with Crippen molar-refractivity contribution in [1.82, 2.24) is 0 Å². The van der Waals surface area contributed by atoms with Crippen molar-refractivity contribution < 1.29 is 0 Å². The van der Waals surface area contributed by atoms with Gasteiger partial charge in [-0.3, -0.25) is 0 Å². The molecule has 0 amide bonds. The Bertz CT molecular complexity index is 2530. The van der Waals surface area contributed by atoms with Crippen molar-refractivity contribution in [2.24, 2.45) is 0 Å². The van der Waals surface area contributed by atoms with Gasteiger partial charge in [0, 0.05) is 0 Å². The topological polar surface area (TPSA) is 0 Å². The fraction of sp³-hybridized carbons (Fsp3) is 0. The summed E-state index contributed by atoms with van der Waals surface area (Å²) in [5.74, 6) is 0. The van der Waals surface area contributed by atoms with Crippen LogP contribution in [0.4, 0.5) is 0 Å². The SMILES string of the molecule is c1ccc(-c2cccc(-c3ccc(-c4c5ccccc5c(-c5cccc(-c6ccc7ccccc7c6)c5)c5ccccc45)cc3)c2)cc1. The smallest absolute Gasteiger partial charge is 0.00262 e. The third-order valence-corrected chi connectivity index (χ3v) is 9.64. The van der Waals surface area contributed by atoms with Crippen LogP contribution in [0.5, 0.6) is 0 Å². The van der Waals surface area contributed by atoms with E-state index >= 15 is 0 Å². The summed E-state index contributed by atoms with van der Waals surface area (Å²) in [6.45, 7) is 0. The first-order valence-electron chi connectivity index (χ1n) is 16.6. The number of hydrogen-bond donors (Lipinski definition) is 0. The Balaban J connectivity index is 1.17. The fourth-order valence-corrected chi connectivity index (χ4v) is 7.31. The van der Waals surface area contributed by atoms with E-state index in [-0.39, 0.29) is 0 Å². The lowest BCUT2D eigenvalue weighted by molar-refractivity contribution is 1.58. The van der Waals surface area contributed by atoms with E-state index in [1.807, 2.05) is 0 Å². The molecule has 0 aliphatic rings. The molecule has 0 aliphatic carbocycles. The predicted octanol–water partition coefficient (Wildman–Crippen LogP) is 13.5. The van der Waals surface area contributed by atoms with Gasteiger partial charge < -0.3 is 0 Å². The largest absolute Gasteiger partial charge is 0.0622 e. The minimum atomic E-state index is 1.22. The Hall–Kier alpha value is -6.24. The van der Waals surface area contributed by atoms with E-state index in [9.17, 15) is 0 Å². The summed E-state index contributed by atoms with van der Waals surface area (Å²) in [5, 5.41) is 7.58. The van der Waals surface area contributed by atoms with Crippen LogP contribution < -0.4 is 0 Å². The average molecular weight is 609 g/mol. The molecule has 0 bridgehead atoms. The van der Waals surface area contributed by atoms with Crippen molar-refractivity contribution in [3.05, 3.63) is 194 Å². The van der Waals surface area contributed by atoms with Crippen LogP contribution in [0.3, 0.4) is 0 Å². The highest BCUT2D eigenvalue weighted by atomic mass is 14.2. The summed E-state index contributed by atoms with van der Waals surface area (Å²) in [5.41, 5.74) is 12.4. The molecule has 0 saturated heterocycles. The molecule has 0 nitrogen and oxygen atoms in total. The molecule has 0 aliphatic heterocycles. The molecule has 0 aromatic heterocycles. The van der Waals surface area contributed by atoms with Gasteiger partial charge in [-0.25, -0.2) is 0 Å². The molecule has 0 N–H and O–H groups in total. The Kier molecular flexibility index (Phi) is 6.91. The van der Waals surface area contributed by atoms with Crippen molar-refractivity contribution in [3.63, 3.8) is 0 Å². The summed E-state index contributed by atoms with van der Waals surface area (Å²) in [4.78, 5) is 0. The lowest BCUT2D eigenvalue weighted by Crippen LogP contribution is -1.91. The first-order chi connectivity index (χ1) is 23.8. The van der Waals surface area contributed by atoms with Gasteiger partial charge in [0.15, 0.2) is 0 Å². The zero-order chi connectivity index (χ0) is 31.9. The van der Waals surface area contributed by atoms with Gasteiger partial charge in [-0.15, -0.1) is 0 Å². The first kappa shape index (κ1) is 28.0. The molecule has 0 fully saturated rings. The van der Waals surface area contributed by atoms with Gasteiger partial charge in [0.25, 0.3) is 0 Å². The maximum atomic E-state index is 2.36. The van der Waals surface area contributed by atoms with E-state index in [1.54, 1.807) is 0 Å². The minimum Gasteiger partial charge on any atom is -0.0622 e. The maximum absolute atomic E-state index is 2.36. The standard InChI is InChI=1S/C48H32/c1-2-12-33(13-3-1)38-16-10-17-39(30-38)35-24-27-36(28-25-35)47-43-20-6-8-22-45(43)48(46-23-9-7-21-44(46)47)42-19-11-18-40(32-42)41-29-26-34-14-4-5-15-37(34)31-41/h1-32H. The Morgan fingerprint density at radius 3 is 1.19 bits per heavy atom. The molecule has 9 aromatic carbocycles. The van der Waals surface area contributed by atoms with Gasteiger partial charge >= 0.3 is 0 Å². The summed E-state index contributed by atoms with van der Waals surface area (Å²) < 4.78 is 0. The second-order valence-corrected chi connectivity index (χ2v) is 12.5. The van der Waals surface area contributed by atoms with Gasteiger partial charge in [0.2, 0.25) is 0 Å². The highest BCUT2D eigenvalue weighted by Gasteiger charge is 2.17. The highest BCUT2D eigenvalue weighted by Crippen LogP contribution is 2.44. The van der Waals surface area contributed by atoms with Gasteiger partial charge in [-0.2, -0.15) is 0 Å². The number of hydrogen-bond acceptors (Lipinski definition) is 0. The molecule has 0 spiro atoms. The first-order valence-corrected chi connectivity index (χ1v) is 16.6. The van der Waals surface area contributed by atoms with Crippen LogP contribution in [0.2, 0.25) is 0 Å². The molecule has 0 heterocycles. The Morgan fingerprint density at radius 1 is 0.188 bits per heavy atom. The lowest BCUT2D eigenvalue weighted by Gasteiger charge is -2.18. The number of fused-ring (bicyclic) bond motifs is 3. The van der Waals surface area contributed by atoms with E-state index < -0.39 is 0 Å². The van der Waals surface area contributed by atoms with Crippen LogP contribution in [0.1, 0.15) is 0 Å². The van der Waals surface area contributed by atoms with E-state index in [2.05, 4.69) is 194 Å². The van der Waals surface area contributed by atoms with Crippen LogP contribution in [0.15, 0.2) is 194 Å². The molecule has 9 aromatic rings. The number of benzene rings is 9. The molecular formula is C48H32. The zero-order valence-corrected chi connectivity index (χ0v) is 26.5. The van der Waals surface area contributed by atoms with Gasteiger partial charge in [0.1, 0.15) is 0 Å². The van der Waals surface area contributed by atoms with Crippen LogP contribution in [-0.4, -0.2) is 0 Å². The normalized spacial score (nSPS) is 11.3. The third kappa shape index (κ3) is 4.96. The fourth-order valence-electron chi connectivity index (χ4n) is 7.31. The molecule has 0 unspecified atom stereocenters. The highest BCUT2D eigenvalue weighted by molar-refractivity contribution is 6.21. The quantitative estimate of drug-likeness (QED) is 0.171. The van der Waals surface area contributed by atoms with Crippen molar-refractivity contribution >= 4 is 32.3 Å². The number of rotatable bonds is 5. The van der Waals surface area contributed by atoms with Gasteiger partial charge in [-0.05, 0) is 106 Å². The van der Waals surface area contributed by atoms with Crippen LogP contribution in [0, 0.1) is 0 Å². The van der Waals surface area contributed by atoms with Gasteiger partial charge in [0.05, 0.1) is 0 Å². The van der Waals surface area contributed by atoms with Crippen molar-refractivity contribution in [1.29, 1.82) is 0 Å². The van der Waals surface area contributed by atoms with E-state index in [1.165, 1.54) is 88.0 Å². The van der Waals surface area contributed by atoms with Crippen LogP contribution in [0.25, 0.3) is 88.0 Å². The minimum absolute atomic E-state index is 1.22. The van der Waals surface area contributed by atoms with Crippen molar-refractivity contribution in [2.45, 2.75) is 0 Å². The van der Waals surface area contributed by atoms with E-state index in [0.717, 1.165) is 0 Å². The molecule has 0 heteroatoms. The average Bonchev–Trinajstić information content (AvgIpc) is 3.17. The second-order valence-electron chi connectivity index (χ2n) is 12.5. The molecule has 48 heavy (non-hydrogen) atoms. The summed E-state index contributed by atoms with van der Waals surface area (Å²) >= 11 is 0. The maximum Gasteiger partial charge on any atom is -0.00262 e. The van der Waals surface area contributed by atoms with Gasteiger partial charge in [-0.1, -0.05) is 176 Å². The monoisotopic (exact) mass is 608 g/mol. The molecular weight excluding hydrogens is 577 g/mol.